The smallest absolute Gasteiger partial charge is 0.0584 e. The average Bonchev–Trinajstić information content (AvgIpc) is 2.34. The summed E-state index contributed by atoms with van der Waals surface area (Å²) in [6, 6.07) is 8.76. The minimum absolute atomic E-state index is 0.204. The maximum absolute atomic E-state index is 9.27. The van der Waals surface area contributed by atoms with Gasteiger partial charge in [0.25, 0.3) is 0 Å². The van der Waals surface area contributed by atoms with Crippen LogP contribution in [0.25, 0.3) is 0 Å². The molecule has 0 saturated heterocycles. The third kappa shape index (κ3) is 5.57. The zero-order chi connectivity index (χ0) is 12.7. The number of benzene rings is 1. The third-order valence-electron chi connectivity index (χ3n) is 2.73. The van der Waals surface area contributed by atoms with Gasteiger partial charge in [-0.05, 0) is 36.3 Å². The Morgan fingerprint density at radius 2 is 1.88 bits per heavy atom. The lowest BCUT2D eigenvalue weighted by atomic mass is 10.0. The van der Waals surface area contributed by atoms with Crippen molar-refractivity contribution in [3.05, 3.63) is 29.8 Å². The molecule has 1 aromatic carbocycles. The average molecular weight is 253 g/mol. The van der Waals surface area contributed by atoms with Gasteiger partial charge in [-0.3, -0.25) is 0 Å². The SMILES string of the molecule is CSc1ccc(CNC(CO)CC(C)C)cc1. The highest BCUT2D eigenvalue weighted by molar-refractivity contribution is 7.98. The van der Waals surface area contributed by atoms with Crippen LogP contribution < -0.4 is 5.32 Å². The van der Waals surface area contributed by atoms with E-state index in [1.54, 1.807) is 11.8 Å². The van der Waals surface area contributed by atoms with E-state index in [4.69, 9.17) is 0 Å². The molecule has 1 unspecified atom stereocenters. The van der Waals surface area contributed by atoms with Crippen LogP contribution in [-0.2, 0) is 6.54 Å². The Morgan fingerprint density at radius 1 is 1.24 bits per heavy atom. The van der Waals surface area contributed by atoms with Crippen molar-refractivity contribution in [2.75, 3.05) is 12.9 Å². The molecule has 2 N–H and O–H groups in total. The number of thioether (sulfide) groups is 1. The van der Waals surface area contributed by atoms with Crippen molar-refractivity contribution in [1.29, 1.82) is 0 Å². The summed E-state index contributed by atoms with van der Waals surface area (Å²) in [5.41, 5.74) is 1.27. The quantitative estimate of drug-likeness (QED) is 0.733. The largest absolute Gasteiger partial charge is 0.395 e. The Labute approximate surface area is 109 Å². The zero-order valence-electron chi connectivity index (χ0n) is 10.9. The molecule has 0 amide bonds. The van der Waals surface area contributed by atoms with E-state index < -0.39 is 0 Å². The van der Waals surface area contributed by atoms with E-state index in [0.717, 1.165) is 13.0 Å². The highest BCUT2D eigenvalue weighted by Gasteiger charge is 2.08. The van der Waals surface area contributed by atoms with Gasteiger partial charge in [-0.25, -0.2) is 0 Å². The summed E-state index contributed by atoms with van der Waals surface area (Å²) in [5.74, 6) is 0.610. The van der Waals surface area contributed by atoms with E-state index in [1.807, 2.05) is 0 Å². The van der Waals surface area contributed by atoms with Gasteiger partial charge in [-0.1, -0.05) is 26.0 Å². The summed E-state index contributed by atoms with van der Waals surface area (Å²) < 4.78 is 0. The van der Waals surface area contributed by atoms with E-state index in [-0.39, 0.29) is 12.6 Å². The van der Waals surface area contributed by atoms with E-state index in [0.29, 0.717) is 5.92 Å². The molecule has 0 aromatic heterocycles. The van der Waals surface area contributed by atoms with E-state index in [1.165, 1.54) is 10.5 Å². The van der Waals surface area contributed by atoms with E-state index >= 15 is 0 Å². The summed E-state index contributed by atoms with van der Waals surface area (Å²) in [6.07, 6.45) is 3.09. The first-order valence-electron chi connectivity index (χ1n) is 6.13. The minimum atomic E-state index is 0.204. The standard InChI is InChI=1S/C14H23NOS/c1-11(2)8-13(10-16)15-9-12-4-6-14(17-3)7-5-12/h4-7,11,13,15-16H,8-10H2,1-3H3. The lowest BCUT2D eigenvalue weighted by Gasteiger charge is -2.18. The molecule has 1 aromatic rings. The summed E-state index contributed by atoms with van der Waals surface area (Å²) in [6.45, 7) is 5.39. The van der Waals surface area contributed by atoms with Gasteiger partial charge in [-0.2, -0.15) is 0 Å². The second-order valence-corrected chi connectivity index (χ2v) is 5.62. The molecule has 0 spiro atoms. The topological polar surface area (TPSA) is 32.3 Å². The van der Waals surface area contributed by atoms with Gasteiger partial charge in [0.05, 0.1) is 6.61 Å². The van der Waals surface area contributed by atoms with Crippen molar-refractivity contribution in [3.63, 3.8) is 0 Å². The fourth-order valence-corrected chi connectivity index (χ4v) is 2.21. The molecule has 0 saturated carbocycles. The number of nitrogens with one attached hydrogen (secondary N) is 1. The normalized spacial score (nSPS) is 13.0. The maximum atomic E-state index is 9.27. The molecule has 0 aliphatic heterocycles. The molecule has 2 nitrogen and oxygen atoms in total. The maximum Gasteiger partial charge on any atom is 0.0584 e. The van der Waals surface area contributed by atoms with Crippen LogP contribution in [0.3, 0.4) is 0 Å². The van der Waals surface area contributed by atoms with Crippen LogP contribution in [0.2, 0.25) is 0 Å². The molecule has 0 aliphatic rings. The zero-order valence-corrected chi connectivity index (χ0v) is 11.8. The Morgan fingerprint density at radius 3 is 2.35 bits per heavy atom. The van der Waals surface area contributed by atoms with Gasteiger partial charge in [0.2, 0.25) is 0 Å². The summed E-state index contributed by atoms with van der Waals surface area (Å²) in [5, 5.41) is 12.7. The van der Waals surface area contributed by atoms with Crippen LogP contribution in [0.5, 0.6) is 0 Å². The Bertz CT molecular complexity index is 311. The summed E-state index contributed by atoms with van der Waals surface area (Å²) in [7, 11) is 0. The van der Waals surface area contributed by atoms with Crippen molar-refractivity contribution >= 4 is 11.8 Å². The predicted molar refractivity (Wildman–Crippen MR) is 75.4 cm³/mol. The number of rotatable bonds is 7. The molecule has 0 aliphatic carbocycles. The number of hydrogen-bond acceptors (Lipinski definition) is 3. The predicted octanol–water partition coefficient (Wildman–Crippen LogP) is 2.91. The molecule has 1 atom stereocenters. The van der Waals surface area contributed by atoms with Gasteiger partial charge >= 0.3 is 0 Å². The van der Waals surface area contributed by atoms with Crippen molar-refractivity contribution in [3.8, 4) is 0 Å². The molecule has 0 bridgehead atoms. The van der Waals surface area contributed by atoms with Gasteiger partial charge in [0.1, 0.15) is 0 Å². The van der Waals surface area contributed by atoms with Crippen LogP contribution in [0, 0.1) is 5.92 Å². The third-order valence-corrected chi connectivity index (χ3v) is 3.47. The summed E-state index contributed by atoms with van der Waals surface area (Å²) >= 11 is 1.75. The van der Waals surface area contributed by atoms with Crippen LogP contribution >= 0.6 is 11.8 Å². The van der Waals surface area contributed by atoms with Gasteiger partial charge in [0, 0.05) is 17.5 Å². The Kier molecular flexibility index (Phi) is 6.63. The lowest BCUT2D eigenvalue weighted by molar-refractivity contribution is 0.223. The molecule has 17 heavy (non-hydrogen) atoms. The molecular formula is C14H23NOS. The van der Waals surface area contributed by atoms with E-state index in [9.17, 15) is 5.11 Å². The Balaban J connectivity index is 2.42. The minimum Gasteiger partial charge on any atom is -0.395 e. The first kappa shape index (κ1) is 14.6. The first-order valence-corrected chi connectivity index (χ1v) is 7.35. The fraction of sp³-hybridized carbons (Fsp3) is 0.571. The molecule has 1 rings (SSSR count). The molecule has 0 heterocycles. The van der Waals surface area contributed by atoms with E-state index in [2.05, 4.69) is 49.7 Å². The number of aliphatic hydroxyl groups is 1. The van der Waals surface area contributed by atoms with Crippen molar-refractivity contribution < 1.29 is 5.11 Å². The van der Waals surface area contributed by atoms with Crippen molar-refractivity contribution in [2.24, 2.45) is 5.92 Å². The van der Waals surface area contributed by atoms with Crippen LogP contribution in [0.1, 0.15) is 25.8 Å². The molecular weight excluding hydrogens is 230 g/mol. The van der Waals surface area contributed by atoms with Crippen molar-refractivity contribution in [1.82, 2.24) is 5.32 Å². The second-order valence-electron chi connectivity index (χ2n) is 4.74. The van der Waals surface area contributed by atoms with Gasteiger partial charge in [-0.15, -0.1) is 11.8 Å². The van der Waals surface area contributed by atoms with Crippen LogP contribution in [0.4, 0.5) is 0 Å². The second kappa shape index (κ2) is 7.75. The van der Waals surface area contributed by atoms with Crippen molar-refractivity contribution in [2.45, 2.75) is 37.8 Å². The molecule has 96 valence electrons. The number of hydrogen-bond donors (Lipinski definition) is 2. The van der Waals surface area contributed by atoms with Gasteiger partial charge < -0.3 is 10.4 Å². The van der Waals surface area contributed by atoms with Crippen LogP contribution in [-0.4, -0.2) is 24.0 Å². The first-order chi connectivity index (χ1) is 8.15. The highest BCUT2D eigenvalue weighted by Crippen LogP contribution is 2.15. The fourth-order valence-electron chi connectivity index (χ4n) is 1.80. The van der Waals surface area contributed by atoms with Crippen LogP contribution in [0.15, 0.2) is 29.2 Å². The van der Waals surface area contributed by atoms with Gasteiger partial charge in [0.15, 0.2) is 0 Å². The monoisotopic (exact) mass is 253 g/mol. The molecule has 0 radical (unpaired) electrons. The Hall–Kier alpha value is -0.510. The number of aliphatic hydroxyl groups excluding tert-OH is 1. The summed E-state index contributed by atoms with van der Waals surface area (Å²) in [4.78, 5) is 1.29. The molecule has 0 fully saturated rings. The lowest BCUT2D eigenvalue weighted by Crippen LogP contribution is -2.33. The molecule has 3 heteroatoms. The highest BCUT2D eigenvalue weighted by atomic mass is 32.2.